The summed E-state index contributed by atoms with van der Waals surface area (Å²) in [7, 11) is 0. The molecule has 2 rings (SSSR count). The monoisotopic (exact) mass is 230 g/mol. The molecule has 1 heterocycles. The Balaban J connectivity index is 2.51. The zero-order chi connectivity index (χ0) is 11.9. The summed E-state index contributed by atoms with van der Waals surface area (Å²) in [5, 5.41) is 0. The van der Waals surface area contributed by atoms with E-state index in [0.717, 1.165) is 15.7 Å². The molecule has 0 bridgehead atoms. The Morgan fingerprint density at radius 1 is 1.31 bits per heavy atom. The molecule has 5 heteroatoms. The molecule has 0 aliphatic carbocycles. The van der Waals surface area contributed by atoms with E-state index in [1.807, 2.05) is 19.9 Å². The van der Waals surface area contributed by atoms with Crippen molar-refractivity contribution in [1.29, 1.82) is 0 Å². The summed E-state index contributed by atoms with van der Waals surface area (Å²) >= 11 is 0. The first-order valence-electron chi connectivity index (χ1n) is 4.80. The maximum absolute atomic E-state index is 12.2. The van der Waals surface area contributed by atoms with Crippen molar-refractivity contribution >= 4 is 11.9 Å². The Morgan fingerprint density at radius 3 is 2.62 bits per heavy atom. The molecule has 0 atom stereocenters. The van der Waals surface area contributed by atoms with Crippen molar-refractivity contribution in [3.8, 4) is 5.75 Å². The van der Waals surface area contributed by atoms with Crippen LogP contribution in [0, 0.1) is 13.8 Å². The molecule has 1 aliphatic heterocycles. The summed E-state index contributed by atoms with van der Waals surface area (Å²) in [5.41, 5.74) is 2.25. The van der Waals surface area contributed by atoms with Gasteiger partial charge in [0, 0.05) is 6.07 Å². The van der Waals surface area contributed by atoms with Gasteiger partial charge in [-0.2, -0.15) is 17.7 Å². The fourth-order valence-electron chi connectivity index (χ4n) is 1.82. The molecule has 0 saturated carbocycles. The van der Waals surface area contributed by atoms with E-state index in [-0.39, 0.29) is 12.9 Å². The normalized spacial score (nSPS) is 17.4. The molecule has 16 heavy (non-hydrogen) atoms. The van der Waals surface area contributed by atoms with Gasteiger partial charge in [0.1, 0.15) is 0 Å². The number of alkyl halides is 3. The molecule has 0 N–H and O–H groups in total. The first-order chi connectivity index (χ1) is 7.37. The third-order valence-electron chi connectivity index (χ3n) is 2.36. The third kappa shape index (κ3) is 2.03. The van der Waals surface area contributed by atoms with Crippen LogP contribution in [0.25, 0.3) is 0 Å². The number of rotatable bonds is 0. The maximum Gasteiger partial charge on any atom is 0.469 e. The summed E-state index contributed by atoms with van der Waals surface area (Å²) in [4.78, 5) is 0. The SMILES string of the molecule is Cc1cc(C)c2c(c1)/[N+](=C\C(F)(F)F)CO2. The van der Waals surface area contributed by atoms with Gasteiger partial charge in [0.25, 0.3) is 18.6 Å². The molecule has 0 aromatic heterocycles. The van der Waals surface area contributed by atoms with Crippen molar-refractivity contribution in [2.75, 3.05) is 6.73 Å². The van der Waals surface area contributed by atoms with Gasteiger partial charge in [-0.15, -0.1) is 0 Å². The van der Waals surface area contributed by atoms with Gasteiger partial charge < -0.3 is 4.74 Å². The second-order valence-electron chi connectivity index (χ2n) is 3.84. The first kappa shape index (κ1) is 11.0. The lowest BCUT2D eigenvalue weighted by Crippen LogP contribution is -2.19. The highest BCUT2D eigenvalue weighted by Gasteiger charge is 2.36. The van der Waals surface area contributed by atoms with Crippen LogP contribution < -0.4 is 4.74 Å². The molecule has 0 fully saturated rings. The van der Waals surface area contributed by atoms with Gasteiger partial charge in [-0.1, -0.05) is 6.07 Å². The third-order valence-corrected chi connectivity index (χ3v) is 2.36. The van der Waals surface area contributed by atoms with Crippen LogP contribution in [-0.2, 0) is 0 Å². The highest BCUT2D eigenvalue weighted by atomic mass is 19.4. The molecule has 1 aromatic rings. The molecule has 1 aliphatic rings. The molecule has 0 saturated heterocycles. The Morgan fingerprint density at radius 2 is 2.00 bits per heavy atom. The molecule has 1 aromatic carbocycles. The summed E-state index contributed by atoms with van der Waals surface area (Å²) < 4.78 is 43.1. The van der Waals surface area contributed by atoms with Gasteiger partial charge in [-0.25, -0.2) is 0 Å². The van der Waals surface area contributed by atoms with Gasteiger partial charge in [-0.05, 0) is 25.0 Å². The lowest BCUT2D eigenvalue weighted by atomic mass is 10.1. The number of fused-ring (bicyclic) bond motifs is 1. The summed E-state index contributed by atoms with van der Waals surface area (Å²) in [5.74, 6) is 0.533. The van der Waals surface area contributed by atoms with E-state index in [0.29, 0.717) is 11.4 Å². The van der Waals surface area contributed by atoms with Gasteiger partial charge in [0.15, 0.2) is 0 Å². The summed E-state index contributed by atoms with van der Waals surface area (Å²) in [6.45, 7) is 3.58. The largest absolute Gasteiger partial charge is 0.469 e. The Bertz CT molecular complexity index is 463. The Labute approximate surface area is 91.0 Å². The minimum absolute atomic E-state index is 0.0842. The van der Waals surface area contributed by atoms with E-state index >= 15 is 0 Å². The molecule has 0 spiro atoms. The Kier molecular flexibility index (Phi) is 2.40. The maximum atomic E-state index is 12.2. The van der Waals surface area contributed by atoms with Crippen molar-refractivity contribution in [3.63, 3.8) is 0 Å². The highest BCUT2D eigenvalue weighted by Crippen LogP contribution is 2.36. The van der Waals surface area contributed by atoms with Gasteiger partial charge in [0.2, 0.25) is 5.75 Å². The van der Waals surface area contributed by atoms with E-state index in [1.165, 1.54) is 0 Å². The lowest BCUT2D eigenvalue weighted by Gasteiger charge is -1.99. The van der Waals surface area contributed by atoms with E-state index < -0.39 is 6.18 Å². The van der Waals surface area contributed by atoms with E-state index in [4.69, 9.17) is 4.74 Å². The fraction of sp³-hybridized carbons (Fsp3) is 0.364. The zero-order valence-corrected chi connectivity index (χ0v) is 8.93. The lowest BCUT2D eigenvalue weighted by molar-refractivity contribution is -0.460. The van der Waals surface area contributed by atoms with Gasteiger partial charge in [0.05, 0.1) is 0 Å². The predicted octanol–water partition coefficient (Wildman–Crippen LogP) is 2.93. The van der Waals surface area contributed by atoms with Gasteiger partial charge >= 0.3 is 6.18 Å². The number of nitrogens with zero attached hydrogens (tertiary/aromatic N) is 1. The van der Waals surface area contributed by atoms with Crippen molar-refractivity contribution in [2.45, 2.75) is 20.0 Å². The van der Waals surface area contributed by atoms with E-state index in [1.54, 1.807) is 6.07 Å². The summed E-state index contributed by atoms with van der Waals surface area (Å²) in [6.07, 6.45) is -4.10. The highest BCUT2D eigenvalue weighted by molar-refractivity contribution is 5.64. The minimum atomic E-state index is -4.33. The topological polar surface area (TPSA) is 12.2 Å². The van der Waals surface area contributed by atoms with Crippen molar-refractivity contribution in [3.05, 3.63) is 23.3 Å². The van der Waals surface area contributed by atoms with Gasteiger partial charge in [-0.3, -0.25) is 0 Å². The van der Waals surface area contributed by atoms with E-state index in [2.05, 4.69) is 0 Å². The fourth-order valence-corrected chi connectivity index (χ4v) is 1.82. The number of benzene rings is 1. The van der Waals surface area contributed by atoms with Crippen LogP contribution in [0.4, 0.5) is 18.9 Å². The number of halogens is 3. The zero-order valence-electron chi connectivity index (χ0n) is 8.93. The molecule has 0 amide bonds. The number of ether oxygens (including phenoxy) is 1. The van der Waals surface area contributed by atoms with Crippen LogP contribution in [0.5, 0.6) is 5.75 Å². The predicted molar refractivity (Wildman–Crippen MR) is 53.5 cm³/mol. The van der Waals surface area contributed by atoms with Crippen LogP contribution in [0.1, 0.15) is 11.1 Å². The molecule has 86 valence electrons. The standard InChI is InChI=1S/C11H11F3NO/c1-7-3-8(2)10-9(4-7)15(6-16-10)5-11(12,13)14/h3-5H,6H2,1-2H3/q+1/b15-5-. The van der Waals surface area contributed by atoms with Crippen molar-refractivity contribution in [1.82, 2.24) is 0 Å². The molecule has 0 radical (unpaired) electrons. The molecular weight excluding hydrogens is 219 g/mol. The average Bonchev–Trinajstić information content (AvgIpc) is 2.46. The van der Waals surface area contributed by atoms with Crippen LogP contribution in [0.15, 0.2) is 12.1 Å². The second-order valence-corrected chi connectivity index (χ2v) is 3.84. The summed E-state index contributed by atoms with van der Waals surface area (Å²) in [6, 6.07) is 3.58. The van der Waals surface area contributed by atoms with Crippen LogP contribution in [0.2, 0.25) is 0 Å². The van der Waals surface area contributed by atoms with Crippen LogP contribution >= 0.6 is 0 Å². The second kappa shape index (κ2) is 3.50. The van der Waals surface area contributed by atoms with E-state index in [9.17, 15) is 13.2 Å². The smallest absolute Gasteiger partial charge is 0.429 e. The average molecular weight is 230 g/mol. The number of hydrogen-bond acceptors (Lipinski definition) is 1. The number of hydrogen-bond donors (Lipinski definition) is 0. The van der Waals surface area contributed by atoms with Crippen LogP contribution in [-0.4, -0.2) is 23.7 Å². The first-order valence-corrected chi connectivity index (χ1v) is 4.80. The quantitative estimate of drug-likeness (QED) is 0.624. The molecule has 2 nitrogen and oxygen atoms in total. The molecular formula is C11H11F3NO+. The van der Waals surface area contributed by atoms with Crippen molar-refractivity contribution < 1.29 is 22.5 Å². The number of aryl methyl sites for hydroxylation is 2. The Hall–Kier alpha value is -1.52. The van der Waals surface area contributed by atoms with Crippen LogP contribution in [0.3, 0.4) is 0 Å². The molecule has 0 unspecified atom stereocenters. The minimum Gasteiger partial charge on any atom is -0.429 e. The van der Waals surface area contributed by atoms with Crippen molar-refractivity contribution in [2.24, 2.45) is 0 Å².